The molecule has 2 aromatic carbocycles. The average Bonchev–Trinajstić information content (AvgIpc) is 3.12. The molecule has 0 aromatic heterocycles. The fraction of sp³-hybridized carbons (Fsp3) is 0.364. The quantitative estimate of drug-likeness (QED) is 0.799. The number of hydrogen-bond donors (Lipinski definition) is 0. The smallest absolute Gasteiger partial charge is 0.253 e. The van der Waals surface area contributed by atoms with Gasteiger partial charge in [0.05, 0.1) is 5.92 Å². The zero-order valence-corrected chi connectivity index (χ0v) is 16.7. The van der Waals surface area contributed by atoms with Crippen LogP contribution in [-0.2, 0) is 4.79 Å². The van der Waals surface area contributed by atoms with Gasteiger partial charge in [0.1, 0.15) is 0 Å². The standard InChI is InChI=1S/C22H25ClN2O2/c1-4-24(3)22(27)20-14-25(21(26)17-9-11-18(23)12-10-17)13-19(20)16-7-5-15(2)6-8-16/h5-12,19-20H,4,13-14H2,1-3H3/t19-,20-/m1/s1. The molecule has 5 heteroatoms. The lowest BCUT2D eigenvalue weighted by atomic mass is 9.87. The van der Waals surface area contributed by atoms with Crippen LogP contribution in [0.4, 0.5) is 0 Å². The van der Waals surface area contributed by atoms with E-state index in [-0.39, 0.29) is 23.7 Å². The number of halogens is 1. The number of rotatable bonds is 4. The molecule has 1 aliphatic heterocycles. The molecule has 3 rings (SSSR count). The van der Waals surface area contributed by atoms with Gasteiger partial charge in [0.15, 0.2) is 0 Å². The van der Waals surface area contributed by atoms with E-state index in [0.29, 0.717) is 30.2 Å². The van der Waals surface area contributed by atoms with Crippen LogP contribution in [-0.4, -0.2) is 48.3 Å². The topological polar surface area (TPSA) is 40.6 Å². The van der Waals surface area contributed by atoms with E-state index in [2.05, 4.69) is 24.3 Å². The van der Waals surface area contributed by atoms with Crippen molar-refractivity contribution in [1.29, 1.82) is 0 Å². The predicted molar refractivity (Wildman–Crippen MR) is 108 cm³/mol. The SMILES string of the molecule is CCN(C)C(=O)[C@@H]1CN(C(=O)c2ccc(Cl)cc2)C[C@@H]1c1ccc(C)cc1. The number of amides is 2. The van der Waals surface area contributed by atoms with Crippen molar-refractivity contribution in [3.8, 4) is 0 Å². The van der Waals surface area contributed by atoms with Gasteiger partial charge in [0.2, 0.25) is 5.91 Å². The van der Waals surface area contributed by atoms with Crippen LogP contribution < -0.4 is 0 Å². The molecule has 0 unspecified atom stereocenters. The summed E-state index contributed by atoms with van der Waals surface area (Å²) in [4.78, 5) is 29.4. The second-order valence-corrected chi connectivity index (χ2v) is 7.63. The Morgan fingerprint density at radius 1 is 1.07 bits per heavy atom. The van der Waals surface area contributed by atoms with E-state index in [9.17, 15) is 9.59 Å². The van der Waals surface area contributed by atoms with Crippen molar-refractivity contribution >= 4 is 23.4 Å². The number of benzene rings is 2. The summed E-state index contributed by atoms with van der Waals surface area (Å²) in [7, 11) is 1.82. The number of nitrogens with zero attached hydrogens (tertiary/aromatic N) is 2. The highest BCUT2D eigenvalue weighted by atomic mass is 35.5. The van der Waals surface area contributed by atoms with Crippen LogP contribution in [0, 0.1) is 12.8 Å². The molecule has 27 heavy (non-hydrogen) atoms. The molecule has 1 heterocycles. The van der Waals surface area contributed by atoms with Gasteiger partial charge in [0, 0.05) is 43.2 Å². The number of likely N-dealkylation sites (tertiary alicyclic amines) is 1. The van der Waals surface area contributed by atoms with Gasteiger partial charge in [-0.25, -0.2) is 0 Å². The Balaban J connectivity index is 1.88. The maximum absolute atomic E-state index is 13.0. The van der Waals surface area contributed by atoms with Crippen molar-refractivity contribution < 1.29 is 9.59 Å². The summed E-state index contributed by atoms with van der Waals surface area (Å²) in [5, 5.41) is 0.600. The van der Waals surface area contributed by atoms with Crippen molar-refractivity contribution in [3.63, 3.8) is 0 Å². The van der Waals surface area contributed by atoms with Crippen LogP contribution in [0.1, 0.15) is 34.3 Å². The van der Waals surface area contributed by atoms with E-state index in [1.54, 1.807) is 34.1 Å². The van der Waals surface area contributed by atoms with Gasteiger partial charge in [-0.3, -0.25) is 9.59 Å². The average molecular weight is 385 g/mol. The summed E-state index contributed by atoms with van der Waals surface area (Å²) in [6.07, 6.45) is 0. The van der Waals surface area contributed by atoms with Gasteiger partial charge < -0.3 is 9.80 Å². The van der Waals surface area contributed by atoms with Crippen LogP contribution in [0.15, 0.2) is 48.5 Å². The molecule has 1 saturated heterocycles. The van der Waals surface area contributed by atoms with Crippen LogP contribution in [0.3, 0.4) is 0 Å². The highest BCUT2D eigenvalue weighted by Gasteiger charge is 2.41. The Morgan fingerprint density at radius 2 is 1.70 bits per heavy atom. The number of hydrogen-bond acceptors (Lipinski definition) is 2. The van der Waals surface area contributed by atoms with Gasteiger partial charge in [-0.05, 0) is 43.7 Å². The molecule has 0 radical (unpaired) electrons. The van der Waals surface area contributed by atoms with Crippen LogP contribution in [0.5, 0.6) is 0 Å². The third-order valence-electron chi connectivity index (χ3n) is 5.37. The maximum Gasteiger partial charge on any atom is 0.253 e. The van der Waals surface area contributed by atoms with Crippen LogP contribution >= 0.6 is 11.6 Å². The zero-order chi connectivity index (χ0) is 19.6. The van der Waals surface area contributed by atoms with E-state index in [0.717, 1.165) is 5.56 Å². The molecular weight excluding hydrogens is 360 g/mol. The van der Waals surface area contributed by atoms with E-state index < -0.39 is 0 Å². The zero-order valence-electron chi connectivity index (χ0n) is 16.0. The molecule has 2 aromatic rings. The molecule has 0 saturated carbocycles. The lowest BCUT2D eigenvalue weighted by molar-refractivity contribution is -0.133. The third-order valence-corrected chi connectivity index (χ3v) is 5.62. The first-order chi connectivity index (χ1) is 12.9. The van der Waals surface area contributed by atoms with Crippen molar-refractivity contribution in [2.45, 2.75) is 19.8 Å². The first kappa shape index (κ1) is 19.4. The molecule has 1 fully saturated rings. The molecule has 0 N–H and O–H groups in total. The van der Waals surface area contributed by atoms with Crippen molar-refractivity contribution in [3.05, 3.63) is 70.2 Å². The first-order valence-electron chi connectivity index (χ1n) is 9.27. The van der Waals surface area contributed by atoms with Crippen LogP contribution in [0.2, 0.25) is 5.02 Å². The minimum absolute atomic E-state index is 0.00310. The molecule has 0 spiro atoms. The fourth-order valence-corrected chi connectivity index (χ4v) is 3.71. The second-order valence-electron chi connectivity index (χ2n) is 7.19. The van der Waals surface area contributed by atoms with E-state index in [1.165, 1.54) is 5.56 Å². The number of aryl methyl sites for hydroxylation is 1. The Bertz CT molecular complexity index is 817. The van der Waals surface area contributed by atoms with Gasteiger partial charge in [0.25, 0.3) is 5.91 Å². The van der Waals surface area contributed by atoms with Gasteiger partial charge in [-0.15, -0.1) is 0 Å². The molecule has 2 amide bonds. The Labute approximate surface area is 165 Å². The largest absolute Gasteiger partial charge is 0.346 e. The van der Waals surface area contributed by atoms with E-state index in [1.807, 2.05) is 20.9 Å². The third kappa shape index (κ3) is 4.16. The molecule has 0 bridgehead atoms. The highest BCUT2D eigenvalue weighted by Crippen LogP contribution is 2.35. The maximum atomic E-state index is 13.0. The summed E-state index contributed by atoms with van der Waals surface area (Å²) in [6, 6.07) is 15.2. The van der Waals surface area contributed by atoms with Gasteiger partial charge >= 0.3 is 0 Å². The van der Waals surface area contributed by atoms with Gasteiger partial charge in [-0.2, -0.15) is 0 Å². The minimum atomic E-state index is -0.228. The van der Waals surface area contributed by atoms with Crippen molar-refractivity contribution in [2.24, 2.45) is 5.92 Å². The predicted octanol–water partition coefficient (Wildman–Crippen LogP) is 3.98. The lowest BCUT2D eigenvalue weighted by Crippen LogP contribution is -2.36. The van der Waals surface area contributed by atoms with Crippen LogP contribution in [0.25, 0.3) is 0 Å². The first-order valence-corrected chi connectivity index (χ1v) is 9.65. The summed E-state index contributed by atoms with van der Waals surface area (Å²) >= 11 is 5.93. The Hall–Kier alpha value is -2.33. The minimum Gasteiger partial charge on any atom is -0.346 e. The molecule has 142 valence electrons. The monoisotopic (exact) mass is 384 g/mol. The Kier molecular flexibility index (Phi) is 5.85. The highest BCUT2D eigenvalue weighted by molar-refractivity contribution is 6.30. The van der Waals surface area contributed by atoms with Crippen molar-refractivity contribution in [2.75, 3.05) is 26.7 Å². The van der Waals surface area contributed by atoms with Crippen molar-refractivity contribution in [1.82, 2.24) is 9.80 Å². The number of carbonyl (C=O) groups is 2. The molecular formula is C22H25ClN2O2. The van der Waals surface area contributed by atoms with E-state index >= 15 is 0 Å². The second kappa shape index (κ2) is 8.13. The number of carbonyl (C=O) groups excluding carboxylic acids is 2. The fourth-order valence-electron chi connectivity index (χ4n) is 3.59. The molecule has 2 atom stereocenters. The summed E-state index contributed by atoms with van der Waals surface area (Å²) in [5.41, 5.74) is 2.88. The van der Waals surface area contributed by atoms with E-state index in [4.69, 9.17) is 11.6 Å². The molecule has 0 aliphatic carbocycles. The summed E-state index contributed by atoms with van der Waals surface area (Å²) < 4.78 is 0. The van der Waals surface area contributed by atoms with Gasteiger partial charge in [-0.1, -0.05) is 41.4 Å². The normalized spacial score (nSPS) is 19.2. The molecule has 4 nitrogen and oxygen atoms in total. The summed E-state index contributed by atoms with van der Waals surface area (Å²) in [6.45, 7) is 5.63. The Morgan fingerprint density at radius 3 is 2.30 bits per heavy atom. The summed E-state index contributed by atoms with van der Waals surface area (Å²) in [5.74, 6) is -0.190. The lowest BCUT2D eigenvalue weighted by Gasteiger charge is -2.23. The molecule has 1 aliphatic rings.